The number of hydrogen-bond donors (Lipinski definition) is 2. The number of ether oxygens (including phenoxy) is 1. The summed E-state index contributed by atoms with van der Waals surface area (Å²) in [5.41, 5.74) is 5.36. The molecule has 1 aliphatic rings. The van der Waals surface area contributed by atoms with Crippen molar-refractivity contribution in [2.24, 2.45) is 0 Å². The van der Waals surface area contributed by atoms with Gasteiger partial charge in [0.1, 0.15) is 11.6 Å². The van der Waals surface area contributed by atoms with Gasteiger partial charge in [0.15, 0.2) is 0 Å². The van der Waals surface area contributed by atoms with Crippen LogP contribution in [0.15, 0.2) is 54.7 Å². The van der Waals surface area contributed by atoms with Gasteiger partial charge < -0.3 is 15.4 Å². The minimum Gasteiger partial charge on any atom is -0.495 e. The summed E-state index contributed by atoms with van der Waals surface area (Å²) in [5, 5.41) is 16.6. The highest BCUT2D eigenvalue weighted by atomic mass is 19.1. The summed E-state index contributed by atoms with van der Waals surface area (Å²) in [6.45, 7) is 1.76. The molecule has 158 valence electrons. The van der Waals surface area contributed by atoms with Crippen LogP contribution >= 0.6 is 0 Å². The third kappa shape index (κ3) is 3.72. The molecule has 1 aromatic heterocycles. The summed E-state index contributed by atoms with van der Waals surface area (Å²) < 4.78 is 20.0. The van der Waals surface area contributed by atoms with Crippen molar-refractivity contribution in [2.45, 2.75) is 13.0 Å². The summed E-state index contributed by atoms with van der Waals surface area (Å²) in [6.07, 6.45) is 2.69. The highest BCUT2D eigenvalue weighted by Crippen LogP contribution is 2.32. The van der Waals surface area contributed by atoms with Gasteiger partial charge in [-0.2, -0.15) is 5.26 Å². The van der Waals surface area contributed by atoms with Crippen molar-refractivity contribution in [1.29, 1.82) is 5.26 Å². The van der Waals surface area contributed by atoms with Crippen LogP contribution in [0.5, 0.6) is 5.75 Å². The van der Waals surface area contributed by atoms with Gasteiger partial charge in [-0.15, -0.1) is 0 Å². The average molecular weight is 425 g/mol. The number of rotatable bonds is 4. The fourth-order valence-electron chi connectivity index (χ4n) is 3.96. The fourth-order valence-corrected chi connectivity index (χ4v) is 3.96. The number of halogens is 1. The Morgan fingerprint density at radius 3 is 2.88 bits per heavy atom. The van der Waals surface area contributed by atoms with E-state index in [9.17, 15) is 4.39 Å². The Balaban J connectivity index is 1.52. The highest BCUT2D eigenvalue weighted by molar-refractivity contribution is 5.85. The largest absolute Gasteiger partial charge is 0.495 e. The van der Waals surface area contributed by atoms with E-state index < -0.39 is 0 Å². The van der Waals surface area contributed by atoms with Crippen LogP contribution in [0.3, 0.4) is 0 Å². The van der Waals surface area contributed by atoms with Crippen LogP contribution in [0.1, 0.15) is 16.7 Å². The normalized spacial score (nSPS) is 12.8. The second kappa shape index (κ2) is 8.25. The molecule has 0 radical (unpaired) electrons. The zero-order valence-corrected chi connectivity index (χ0v) is 17.4. The predicted molar refractivity (Wildman–Crippen MR) is 121 cm³/mol. The Morgan fingerprint density at radius 1 is 1.12 bits per heavy atom. The van der Waals surface area contributed by atoms with Crippen molar-refractivity contribution in [3.05, 3.63) is 77.2 Å². The van der Waals surface area contributed by atoms with Crippen molar-refractivity contribution >= 4 is 22.5 Å². The van der Waals surface area contributed by atoms with Crippen molar-refractivity contribution < 1.29 is 9.13 Å². The van der Waals surface area contributed by atoms with Gasteiger partial charge in [0.2, 0.25) is 5.95 Å². The van der Waals surface area contributed by atoms with Crippen LogP contribution in [0.25, 0.3) is 22.0 Å². The van der Waals surface area contributed by atoms with E-state index in [1.54, 1.807) is 31.5 Å². The summed E-state index contributed by atoms with van der Waals surface area (Å²) in [7, 11) is 1.64. The zero-order valence-electron chi connectivity index (χ0n) is 17.4. The van der Waals surface area contributed by atoms with Crippen molar-refractivity contribution in [3.63, 3.8) is 0 Å². The van der Waals surface area contributed by atoms with E-state index in [0.29, 0.717) is 28.2 Å². The molecule has 0 saturated heterocycles. The molecule has 6 nitrogen and oxygen atoms in total. The first kappa shape index (κ1) is 19.9. The van der Waals surface area contributed by atoms with Gasteiger partial charge in [-0.3, -0.25) is 0 Å². The van der Waals surface area contributed by atoms with Gasteiger partial charge in [0.05, 0.1) is 29.9 Å². The van der Waals surface area contributed by atoms with E-state index in [1.165, 1.54) is 23.3 Å². The minimum absolute atomic E-state index is 0.364. The molecule has 0 aliphatic carbocycles. The second-order valence-corrected chi connectivity index (χ2v) is 7.65. The average Bonchev–Trinajstić information content (AvgIpc) is 2.83. The molecule has 3 aromatic carbocycles. The molecule has 7 heteroatoms. The Bertz CT molecular complexity index is 1380. The summed E-state index contributed by atoms with van der Waals surface area (Å²) in [4.78, 5) is 9.06. The number of fused-ring (bicyclic) bond motifs is 2. The molecule has 1 aliphatic heterocycles. The van der Waals surface area contributed by atoms with Gasteiger partial charge >= 0.3 is 0 Å². The minimum atomic E-state index is -0.386. The van der Waals surface area contributed by atoms with Gasteiger partial charge in [-0.05, 0) is 66.1 Å². The predicted octanol–water partition coefficient (Wildman–Crippen LogP) is 4.71. The lowest BCUT2D eigenvalue weighted by Gasteiger charge is -2.20. The lowest BCUT2D eigenvalue weighted by atomic mass is 10.00. The lowest BCUT2D eigenvalue weighted by molar-refractivity contribution is 0.415. The molecular weight excluding hydrogens is 405 g/mol. The van der Waals surface area contributed by atoms with Crippen molar-refractivity contribution in [1.82, 2.24) is 15.3 Å². The maximum Gasteiger partial charge on any atom is 0.227 e. The van der Waals surface area contributed by atoms with E-state index in [1.807, 2.05) is 6.07 Å². The molecule has 2 heterocycles. The van der Waals surface area contributed by atoms with E-state index in [4.69, 9.17) is 10.00 Å². The molecule has 4 aromatic rings. The molecule has 0 unspecified atom stereocenters. The molecule has 2 N–H and O–H groups in total. The van der Waals surface area contributed by atoms with Crippen LogP contribution < -0.4 is 15.4 Å². The first-order valence-electron chi connectivity index (χ1n) is 10.3. The molecule has 0 atom stereocenters. The SMILES string of the molecule is COc1cc2c(cc1Nc1ncc3ccc(-c4cc(C#N)ccc4F)cc3n1)CNCC2. The number of benzene rings is 3. The van der Waals surface area contributed by atoms with Crippen molar-refractivity contribution in [2.75, 3.05) is 19.0 Å². The van der Waals surface area contributed by atoms with E-state index in [0.717, 1.165) is 36.3 Å². The second-order valence-electron chi connectivity index (χ2n) is 7.65. The zero-order chi connectivity index (χ0) is 22.1. The maximum absolute atomic E-state index is 14.4. The fraction of sp³-hybridized carbons (Fsp3) is 0.160. The van der Waals surface area contributed by atoms with E-state index >= 15 is 0 Å². The van der Waals surface area contributed by atoms with Crippen LogP contribution in [0.4, 0.5) is 16.0 Å². The molecule has 32 heavy (non-hydrogen) atoms. The van der Waals surface area contributed by atoms with Crippen LogP contribution in [-0.4, -0.2) is 23.6 Å². The summed E-state index contributed by atoms with van der Waals surface area (Å²) >= 11 is 0. The first-order valence-corrected chi connectivity index (χ1v) is 10.3. The molecule has 5 rings (SSSR count). The van der Waals surface area contributed by atoms with Crippen LogP contribution in [0, 0.1) is 17.1 Å². The highest BCUT2D eigenvalue weighted by Gasteiger charge is 2.15. The quantitative estimate of drug-likeness (QED) is 0.493. The smallest absolute Gasteiger partial charge is 0.227 e. The first-order chi connectivity index (χ1) is 15.6. The van der Waals surface area contributed by atoms with Crippen LogP contribution in [0.2, 0.25) is 0 Å². The third-order valence-corrected chi connectivity index (χ3v) is 5.64. The molecule has 0 amide bonds. The molecule has 0 saturated carbocycles. The Labute approximate surface area is 184 Å². The Kier molecular flexibility index (Phi) is 5.13. The Morgan fingerprint density at radius 2 is 2.03 bits per heavy atom. The number of methoxy groups -OCH3 is 1. The van der Waals surface area contributed by atoms with Gasteiger partial charge in [-0.25, -0.2) is 14.4 Å². The number of nitrogens with one attached hydrogen (secondary N) is 2. The topological polar surface area (TPSA) is 82.9 Å². The third-order valence-electron chi connectivity index (χ3n) is 5.64. The number of hydrogen-bond acceptors (Lipinski definition) is 6. The van der Waals surface area contributed by atoms with Gasteiger partial charge in [0.25, 0.3) is 0 Å². The number of anilines is 2. The molecule has 0 bridgehead atoms. The maximum atomic E-state index is 14.4. The number of nitriles is 1. The molecular formula is C25H20FN5O. The monoisotopic (exact) mass is 425 g/mol. The lowest BCUT2D eigenvalue weighted by Crippen LogP contribution is -2.23. The van der Waals surface area contributed by atoms with Crippen molar-refractivity contribution in [3.8, 4) is 22.9 Å². The van der Waals surface area contributed by atoms with Gasteiger partial charge in [-0.1, -0.05) is 12.1 Å². The summed E-state index contributed by atoms with van der Waals surface area (Å²) in [6, 6.07) is 15.9. The van der Waals surface area contributed by atoms with E-state index in [-0.39, 0.29) is 5.82 Å². The number of aromatic nitrogens is 2. The molecule has 0 fully saturated rings. The van der Waals surface area contributed by atoms with E-state index in [2.05, 4.69) is 38.8 Å². The summed E-state index contributed by atoms with van der Waals surface area (Å²) in [5.74, 6) is 0.768. The number of nitrogens with zero attached hydrogens (tertiary/aromatic N) is 3. The standard InChI is InChI=1S/C25H20FN5O/c1-32-24-11-16-6-7-28-13-19(16)10-23(24)31-25-29-14-18-4-3-17(9-22(18)30-25)20-8-15(12-27)2-5-21(20)26/h2-5,8-11,14,28H,6-7,13H2,1H3,(H,29,30,31). The van der Waals surface area contributed by atoms with Crippen LogP contribution in [-0.2, 0) is 13.0 Å². The van der Waals surface area contributed by atoms with Gasteiger partial charge in [0, 0.05) is 23.7 Å². The molecule has 0 spiro atoms. The Hall–Kier alpha value is -4.02.